The Morgan fingerprint density at radius 1 is 0.942 bits per heavy atom. The molecule has 0 N–H and O–H groups in total. The van der Waals surface area contributed by atoms with Crippen LogP contribution in [-0.4, -0.2) is 55.4 Å². The summed E-state index contributed by atoms with van der Waals surface area (Å²) in [5, 5.41) is 11.0. The van der Waals surface area contributed by atoms with Crippen LogP contribution in [0.4, 0.5) is 0 Å². The quantitative estimate of drug-likeness (QED) is 0.135. The summed E-state index contributed by atoms with van der Waals surface area (Å²) in [6.07, 6.45) is 2.69. The van der Waals surface area contributed by atoms with Gasteiger partial charge >= 0.3 is 5.97 Å². The van der Waals surface area contributed by atoms with Crippen LogP contribution in [0.2, 0.25) is 0 Å². The maximum atomic E-state index is 12.6. The van der Waals surface area contributed by atoms with Crippen LogP contribution < -0.4 is 23.7 Å². The SMILES string of the molecule is COc1c(C)cc2c(c1OCc1ccccc1)[C@H]1C3=Cc4c(OC(C)=O)c(C)c5c(c4[C@H](COCc4ccccc4)N3[C@@H](C#N)[C@H](C2)N1C)OCO5. The zero-order valence-electron chi connectivity index (χ0n) is 30.0. The Morgan fingerprint density at radius 3 is 2.31 bits per heavy atom. The normalized spacial score (nSPS) is 20.9. The Kier molecular flexibility index (Phi) is 8.77. The van der Waals surface area contributed by atoms with Crippen molar-refractivity contribution in [3.8, 4) is 34.8 Å². The molecule has 10 nitrogen and oxygen atoms in total. The summed E-state index contributed by atoms with van der Waals surface area (Å²) in [7, 11) is 3.74. The number of nitrogens with zero attached hydrogens (tertiary/aromatic N) is 3. The lowest BCUT2D eigenvalue weighted by molar-refractivity contribution is -0.131. The molecule has 0 amide bonds. The number of carbonyl (C=O) groups is 1. The van der Waals surface area contributed by atoms with Gasteiger partial charge in [0.1, 0.15) is 18.4 Å². The highest BCUT2D eigenvalue weighted by molar-refractivity contribution is 5.81. The van der Waals surface area contributed by atoms with Crippen LogP contribution in [0, 0.1) is 25.2 Å². The van der Waals surface area contributed by atoms with Gasteiger partial charge in [-0.2, -0.15) is 5.26 Å². The number of fused-ring (bicyclic) bond motifs is 9. The molecule has 4 aromatic carbocycles. The predicted octanol–water partition coefficient (Wildman–Crippen LogP) is 6.96. The maximum Gasteiger partial charge on any atom is 0.308 e. The first-order valence-electron chi connectivity index (χ1n) is 17.5. The Bertz CT molecular complexity index is 2110. The van der Waals surface area contributed by atoms with Gasteiger partial charge in [0, 0.05) is 40.9 Å². The fourth-order valence-corrected chi connectivity index (χ4v) is 8.43. The van der Waals surface area contributed by atoms with E-state index in [4.69, 9.17) is 28.4 Å². The molecule has 10 heteroatoms. The van der Waals surface area contributed by atoms with Gasteiger partial charge in [0.2, 0.25) is 6.79 Å². The van der Waals surface area contributed by atoms with Crippen LogP contribution in [-0.2, 0) is 29.2 Å². The van der Waals surface area contributed by atoms with Crippen LogP contribution in [0.25, 0.3) is 6.08 Å². The van der Waals surface area contributed by atoms with Crippen LogP contribution in [0.5, 0.6) is 28.7 Å². The second-order valence-electron chi connectivity index (χ2n) is 13.7. The van der Waals surface area contributed by atoms with Gasteiger partial charge in [0.15, 0.2) is 23.0 Å². The minimum atomic E-state index is -0.549. The van der Waals surface area contributed by atoms with E-state index < -0.39 is 18.1 Å². The lowest BCUT2D eigenvalue weighted by Gasteiger charge is -2.57. The fraction of sp³-hybridized carbons (Fsp3) is 0.333. The average Bonchev–Trinajstić information content (AvgIpc) is 3.64. The molecule has 1 fully saturated rings. The summed E-state index contributed by atoms with van der Waals surface area (Å²) in [6, 6.07) is 23.4. The number of hydrogen-bond acceptors (Lipinski definition) is 10. The molecule has 8 rings (SSSR count). The number of hydrogen-bond donors (Lipinski definition) is 0. The molecule has 4 aromatic rings. The van der Waals surface area contributed by atoms with Crippen molar-refractivity contribution in [2.75, 3.05) is 27.6 Å². The lowest BCUT2D eigenvalue weighted by atomic mass is 9.75. The van der Waals surface area contributed by atoms with E-state index in [-0.39, 0.29) is 25.5 Å². The number of piperazine rings is 1. The fourth-order valence-electron chi connectivity index (χ4n) is 8.43. The van der Waals surface area contributed by atoms with E-state index in [1.807, 2.05) is 74.5 Å². The van der Waals surface area contributed by atoms with Crippen molar-refractivity contribution in [1.29, 1.82) is 5.26 Å². The standard InChI is InChI=1S/C42H41N3O7/c1-24-16-29-17-31-33(19-43)45-32(37(44(31)4)35(29)41(38(24)47-5)49-21-28-14-10-7-11-15-28)18-30-36(34(45)22-48-20-27-12-8-6-9-13-27)42-40(50-23-51-42)25(2)39(30)52-26(3)46/h6-16,18,31,33-34,37H,17,20-23H2,1-5H3/t31-,33-,34-,37+/m0/s1. The summed E-state index contributed by atoms with van der Waals surface area (Å²) in [6.45, 7) is 6.30. The summed E-state index contributed by atoms with van der Waals surface area (Å²) >= 11 is 0. The molecule has 0 aliphatic carbocycles. The second kappa shape index (κ2) is 13.6. The molecule has 0 unspecified atom stereocenters. The molecule has 0 spiro atoms. The van der Waals surface area contributed by atoms with Crippen LogP contribution in [0.1, 0.15) is 63.5 Å². The largest absolute Gasteiger partial charge is 0.493 e. The number of aryl methyl sites for hydroxylation is 1. The van der Waals surface area contributed by atoms with Gasteiger partial charge < -0.3 is 33.3 Å². The van der Waals surface area contributed by atoms with Crippen molar-refractivity contribution in [2.24, 2.45) is 0 Å². The maximum absolute atomic E-state index is 12.6. The monoisotopic (exact) mass is 699 g/mol. The van der Waals surface area contributed by atoms with Gasteiger partial charge in [-0.05, 0) is 55.6 Å². The molecule has 0 radical (unpaired) electrons. The Morgan fingerprint density at radius 2 is 1.63 bits per heavy atom. The van der Waals surface area contributed by atoms with E-state index in [1.54, 1.807) is 7.11 Å². The van der Waals surface area contributed by atoms with Gasteiger partial charge in [0.25, 0.3) is 0 Å². The highest BCUT2D eigenvalue weighted by Crippen LogP contribution is 2.59. The first-order valence-corrected chi connectivity index (χ1v) is 17.5. The molecule has 4 aliphatic heterocycles. The molecule has 4 heterocycles. The Balaban J connectivity index is 1.34. The Hall–Kier alpha value is -5.50. The number of ether oxygens (including phenoxy) is 6. The molecular formula is C42H41N3O7. The zero-order valence-corrected chi connectivity index (χ0v) is 30.0. The number of likely N-dealkylation sites (N-methyl/N-ethyl adjacent to an activating group) is 1. The van der Waals surface area contributed by atoms with Crippen molar-refractivity contribution in [1.82, 2.24) is 9.80 Å². The molecular weight excluding hydrogens is 658 g/mol. The third kappa shape index (κ3) is 5.52. The number of benzene rings is 4. The molecule has 266 valence electrons. The summed E-state index contributed by atoms with van der Waals surface area (Å²) in [4.78, 5) is 17.1. The summed E-state index contributed by atoms with van der Waals surface area (Å²) < 4.78 is 37.5. The van der Waals surface area contributed by atoms with Crippen LogP contribution >= 0.6 is 0 Å². The van der Waals surface area contributed by atoms with Crippen LogP contribution in [0.15, 0.2) is 72.4 Å². The number of esters is 1. The van der Waals surface area contributed by atoms with Gasteiger partial charge in [0.05, 0.1) is 38.5 Å². The van der Waals surface area contributed by atoms with Gasteiger partial charge in [-0.25, -0.2) is 0 Å². The first-order chi connectivity index (χ1) is 25.3. The number of carbonyl (C=O) groups excluding carboxylic acids is 1. The summed E-state index contributed by atoms with van der Waals surface area (Å²) in [5.74, 6) is 2.43. The van der Waals surface area contributed by atoms with E-state index in [0.717, 1.165) is 39.1 Å². The highest BCUT2D eigenvalue weighted by atomic mass is 16.7. The van der Waals surface area contributed by atoms with E-state index in [2.05, 4.69) is 35.1 Å². The van der Waals surface area contributed by atoms with Crippen molar-refractivity contribution < 1.29 is 33.2 Å². The van der Waals surface area contributed by atoms with Crippen molar-refractivity contribution in [3.63, 3.8) is 0 Å². The second-order valence-corrected chi connectivity index (χ2v) is 13.7. The first kappa shape index (κ1) is 33.6. The van der Waals surface area contributed by atoms with E-state index in [9.17, 15) is 10.1 Å². The van der Waals surface area contributed by atoms with E-state index in [1.165, 1.54) is 6.92 Å². The third-order valence-electron chi connectivity index (χ3n) is 10.7. The van der Waals surface area contributed by atoms with Gasteiger partial charge in [-0.3, -0.25) is 9.69 Å². The third-order valence-corrected chi connectivity index (χ3v) is 10.7. The smallest absolute Gasteiger partial charge is 0.308 e. The van der Waals surface area contributed by atoms with Gasteiger partial charge in [-0.1, -0.05) is 66.7 Å². The topological polar surface area (TPSA) is 103 Å². The van der Waals surface area contributed by atoms with E-state index in [0.29, 0.717) is 59.5 Å². The molecule has 52 heavy (non-hydrogen) atoms. The number of rotatable bonds is 9. The predicted molar refractivity (Wildman–Crippen MR) is 193 cm³/mol. The van der Waals surface area contributed by atoms with Gasteiger partial charge in [-0.15, -0.1) is 0 Å². The van der Waals surface area contributed by atoms with Crippen molar-refractivity contribution in [2.45, 2.75) is 64.6 Å². The lowest BCUT2D eigenvalue weighted by Crippen LogP contribution is -2.62. The Labute approximate surface area is 303 Å². The molecule has 0 aromatic heterocycles. The molecule has 4 aliphatic rings. The molecule has 0 saturated carbocycles. The molecule has 2 bridgehead atoms. The number of nitriles is 1. The molecule has 4 atom stereocenters. The minimum absolute atomic E-state index is 0.0323. The van der Waals surface area contributed by atoms with E-state index >= 15 is 0 Å². The zero-order chi connectivity index (χ0) is 36.1. The highest BCUT2D eigenvalue weighted by Gasteiger charge is 2.54. The number of methoxy groups -OCH3 is 1. The van der Waals surface area contributed by atoms with Crippen molar-refractivity contribution >= 4 is 12.0 Å². The summed E-state index contributed by atoms with van der Waals surface area (Å²) in [5.41, 5.74) is 8.16. The molecule has 1 saturated heterocycles. The average molecular weight is 700 g/mol. The van der Waals surface area contributed by atoms with Crippen LogP contribution in [0.3, 0.4) is 0 Å². The van der Waals surface area contributed by atoms with Crippen molar-refractivity contribution in [3.05, 3.63) is 117 Å². The minimum Gasteiger partial charge on any atom is -0.493 e.